The summed E-state index contributed by atoms with van der Waals surface area (Å²) in [5.41, 5.74) is 4.85. The zero-order valence-electron chi connectivity index (χ0n) is 28.9. The molecule has 1 rings (SSSR count). The molecule has 0 radical (unpaired) electrons. The van der Waals surface area contributed by atoms with Gasteiger partial charge in [0.05, 0.1) is 0 Å². The number of hydrogen-bond acceptors (Lipinski definition) is 0. The molecule has 41 heavy (non-hydrogen) atoms. The molecule has 0 spiro atoms. The van der Waals surface area contributed by atoms with Gasteiger partial charge >= 0.3 is 0 Å². The molecule has 0 bridgehead atoms. The third-order valence-electron chi connectivity index (χ3n) is 9.66. The molecule has 0 aliphatic carbocycles. The molecule has 0 aliphatic heterocycles. The van der Waals surface area contributed by atoms with Crippen LogP contribution in [-0.2, 0) is 12.8 Å². The SMILES string of the molecule is CCCCCCCCCCCCCCCCCc1cccc(CCCCCCCCCCCCCCCCC)c1C. The number of hydrogen-bond donors (Lipinski definition) is 0. The first kappa shape index (κ1) is 38.2. The van der Waals surface area contributed by atoms with Gasteiger partial charge in [0.25, 0.3) is 0 Å². The molecule has 0 saturated carbocycles. The van der Waals surface area contributed by atoms with Crippen molar-refractivity contribution in [3.63, 3.8) is 0 Å². The van der Waals surface area contributed by atoms with Crippen LogP contribution in [0.3, 0.4) is 0 Å². The van der Waals surface area contributed by atoms with Crippen LogP contribution in [0.4, 0.5) is 0 Å². The zero-order valence-corrected chi connectivity index (χ0v) is 28.9. The van der Waals surface area contributed by atoms with Gasteiger partial charge in [0.15, 0.2) is 0 Å². The third-order valence-corrected chi connectivity index (χ3v) is 9.66. The van der Waals surface area contributed by atoms with Gasteiger partial charge < -0.3 is 0 Å². The minimum atomic E-state index is 1.29. The van der Waals surface area contributed by atoms with Crippen LogP contribution in [0.2, 0.25) is 0 Å². The second kappa shape index (κ2) is 30.7. The molecule has 0 nitrogen and oxygen atoms in total. The minimum absolute atomic E-state index is 1.29. The smallest absolute Gasteiger partial charge is 0.0276 e. The monoisotopic (exact) mass is 569 g/mol. The van der Waals surface area contributed by atoms with Crippen molar-refractivity contribution in [1.82, 2.24) is 0 Å². The van der Waals surface area contributed by atoms with Crippen molar-refractivity contribution < 1.29 is 0 Å². The van der Waals surface area contributed by atoms with Crippen LogP contribution in [0.1, 0.15) is 223 Å². The summed E-state index contributed by atoms with van der Waals surface area (Å²) >= 11 is 0. The Bertz CT molecular complexity index is 591. The molecule has 0 fully saturated rings. The molecule has 0 saturated heterocycles. The van der Waals surface area contributed by atoms with E-state index in [9.17, 15) is 0 Å². The maximum atomic E-state index is 2.40. The van der Waals surface area contributed by atoms with E-state index in [0.29, 0.717) is 0 Å². The van der Waals surface area contributed by atoms with E-state index in [1.807, 2.05) is 0 Å². The number of benzene rings is 1. The van der Waals surface area contributed by atoms with Crippen LogP contribution in [0.5, 0.6) is 0 Å². The molecule has 0 unspecified atom stereocenters. The van der Waals surface area contributed by atoms with Crippen LogP contribution in [0.15, 0.2) is 18.2 Å². The molecule has 1 aromatic carbocycles. The maximum Gasteiger partial charge on any atom is -0.0276 e. The second-order valence-electron chi connectivity index (χ2n) is 13.6. The summed E-state index contributed by atoms with van der Waals surface area (Å²) in [6.07, 6.45) is 46.0. The predicted octanol–water partition coefficient (Wildman–Crippen LogP) is 14.8. The van der Waals surface area contributed by atoms with Gasteiger partial charge in [-0.15, -0.1) is 0 Å². The van der Waals surface area contributed by atoms with Crippen LogP contribution >= 0.6 is 0 Å². The van der Waals surface area contributed by atoms with Gasteiger partial charge in [-0.05, 0) is 49.3 Å². The molecule has 0 aromatic heterocycles. The van der Waals surface area contributed by atoms with Crippen molar-refractivity contribution in [2.45, 2.75) is 226 Å². The molecule has 0 N–H and O–H groups in total. The molecule has 0 aliphatic rings. The van der Waals surface area contributed by atoms with Crippen molar-refractivity contribution in [1.29, 1.82) is 0 Å². The van der Waals surface area contributed by atoms with E-state index in [1.54, 1.807) is 16.7 Å². The summed E-state index contributed by atoms with van der Waals surface area (Å²) in [5.74, 6) is 0. The highest BCUT2D eigenvalue weighted by molar-refractivity contribution is 5.34. The molecule has 0 amide bonds. The first-order valence-electron chi connectivity index (χ1n) is 19.4. The summed E-state index contributed by atoms with van der Waals surface area (Å²) < 4.78 is 0. The van der Waals surface area contributed by atoms with E-state index in [1.165, 1.54) is 205 Å². The highest BCUT2D eigenvalue weighted by atomic mass is 14.1. The van der Waals surface area contributed by atoms with Crippen molar-refractivity contribution >= 4 is 0 Å². The summed E-state index contributed by atoms with van der Waals surface area (Å²) in [7, 11) is 0. The number of aryl methyl sites for hydroxylation is 2. The van der Waals surface area contributed by atoms with Crippen LogP contribution < -0.4 is 0 Å². The van der Waals surface area contributed by atoms with Gasteiger partial charge in [-0.1, -0.05) is 212 Å². The highest BCUT2D eigenvalue weighted by Gasteiger charge is 2.04. The number of rotatable bonds is 32. The van der Waals surface area contributed by atoms with Gasteiger partial charge in [0, 0.05) is 0 Å². The average molecular weight is 569 g/mol. The van der Waals surface area contributed by atoms with E-state index in [0.717, 1.165) is 0 Å². The van der Waals surface area contributed by atoms with Crippen molar-refractivity contribution in [2.75, 3.05) is 0 Å². The Balaban J connectivity index is 1.93. The molecule has 1 aromatic rings. The Morgan fingerprint density at radius 3 is 0.780 bits per heavy atom. The van der Waals surface area contributed by atoms with Crippen LogP contribution in [0, 0.1) is 6.92 Å². The summed E-state index contributed by atoms with van der Waals surface area (Å²) in [6, 6.07) is 7.12. The van der Waals surface area contributed by atoms with E-state index in [-0.39, 0.29) is 0 Å². The fraction of sp³-hybridized carbons (Fsp3) is 0.854. The lowest BCUT2D eigenvalue weighted by Crippen LogP contribution is -1.97. The quantitative estimate of drug-likeness (QED) is 0.0758. The van der Waals surface area contributed by atoms with Crippen LogP contribution in [-0.4, -0.2) is 0 Å². The summed E-state index contributed by atoms with van der Waals surface area (Å²) in [4.78, 5) is 0. The van der Waals surface area contributed by atoms with Crippen LogP contribution in [0.25, 0.3) is 0 Å². The Labute approximate surface area is 260 Å². The third kappa shape index (κ3) is 24.4. The lowest BCUT2D eigenvalue weighted by Gasteiger charge is -2.12. The second-order valence-corrected chi connectivity index (χ2v) is 13.6. The van der Waals surface area contributed by atoms with E-state index in [4.69, 9.17) is 0 Å². The van der Waals surface area contributed by atoms with Crippen molar-refractivity contribution in [3.05, 3.63) is 34.9 Å². The van der Waals surface area contributed by atoms with Crippen molar-refractivity contribution in [2.24, 2.45) is 0 Å². The van der Waals surface area contributed by atoms with Gasteiger partial charge in [-0.25, -0.2) is 0 Å². The first-order chi connectivity index (χ1) is 20.3. The van der Waals surface area contributed by atoms with Gasteiger partial charge in [-0.3, -0.25) is 0 Å². The zero-order chi connectivity index (χ0) is 29.5. The summed E-state index contributed by atoms with van der Waals surface area (Å²) in [6.45, 7) is 7.00. The average Bonchev–Trinajstić information content (AvgIpc) is 2.98. The first-order valence-corrected chi connectivity index (χ1v) is 19.4. The van der Waals surface area contributed by atoms with Gasteiger partial charge in [0.2, 0.25) is 0 Å². The topological polar surface area (TPSA) is 0 Å². The lowest BCUT2D eigenvalue weighted by atomic mass is 9.94. The maximum absolute atomic E-state index is 2.40. The van der Waals surface area contributed by atoms with Gasteiger partial charge in [-0.2, -0.15) is 0 Å². The van der Waals surface area contributed by atoms with E-state index < -0.39 is 0 Å². The molecule has 0 atom stereocenters. The van der Waals surface area contributed by atoms with E-state index in [2.05, 4.69) is 39.0 Å². The molecular weight excluding hydrogens is 492 g/mol. The molecular formula is C41H76. The fourth-order valence-electron chi connectivity index (χ4n) is 6.65. The molecule has 0 heterocycles. The Morgan fingerprint density at radius 2 is 0.537 bits per heavy atom. The molecule has 0 heteroatoms. The van der Waals surface area contributed by atoms with Gasteiger partial charge in [0.1, 0.15) is 0 Å². The van der Waals surface area contributed by atoms with E-state index >= 15 is 0 Å². The Kier molecular flexibility index (Phi) is 28.6. The minimum Gasteiger partial charge on any atom is -0.0654 e. The number of unbranched alkanes of at least 4 members (excludes halogenated alkanes) is 28. The normalized spacial score (nSPS) is 11.5. The Morgan fingerprint density at radius 1 is 0.317 bits per heavy atom. The molecule has 240 valence electrons. The largest absolute Gasteiger partial charge is 0.0654 e. The lowest BCUT2D eigenvalue weighted by molar-refractivity contribution is 0.532. The standard InChI is InChI=1S/C41H76/c1-4-6-8-10-12-14-16-18-20-22-24-26-28-30-32-35-40-37-34-38-41(39(40)3)36-33-31-29-27-25-23-21-19-17-15-13-11-9-7-5-2/h34,37-38H,4-33,35-36H2,1-3H3. The Hall–Kier alpha value is -0.780. The fourth-order valence-corrected chi connectivity index (χ4v) is 6.65. The predicted molar refractivity (Wildman–Crippen MR) is 188 cm³/mol. The highest BCUT2D eigenvalue weighted by Crippen LogP contribution is 2.21. The summed E-state index contributed by atoms with van der Waals surface area (Å²) in [5, 5.41) is 0. The van der Waals surface area contributed by atoms with Crippen molar-refractivity contribution in [3.8, 4) is 0 Å².